The number of ether oxygens (including phenoxy) is 1. The number of anilines is 1. The topological polar surface area (TPSA) is 27.7 Å². The maximum atomic E-state index is 5.54. The van der Waals surface area contributed by atoms with Crippen LogP contribution < -0.4 is 15.0 Å². The van der Waals surface area contributed by atoms with Gasteiger partial charge in [-0.25, -0.2) is 0 Å². The zero-order valence-electron chi connectivity index (χ0n) is 14.2. The third kappa shape index (κ3) is 2.94. The number of para-hydroxylation sites is 2. The fraction of sp³-hybridized carbons (Fsp3) is 0.684. The molecule has 4 nitrogen and oxygen atoms in total. The summed E-state index contributed by atoms with van der Waals surface area (Å²) in [6.45, 7) is 7.07. The van der Waals surface area contributed by atoms with Gasteiger partial charge in [-0.3, -0.25) is 4.90 Å². The molecule has 2 saturated heterocycles. The molecule has 3 aliphatic rings. The van der Waals surface area contributed by atoms with Crippen LogP contribution in [0.2, 0.25) is 0 Å². The first-order valence-corrected chi connectivity index (χ1v) is 9.19. The van der Waals surface area contributed by atoms with Gasteiger partial charge in [0, 0.05) is 32.2 Å². The molecule has 0 amide bonds. The van der Waals surface area contributed by atoms with Gasteiger partial charge in [-0.2, -0.15) is 0 Å². The second-order valence-corrected chi connectivity index (χ2v) is 7.29. The molecule has 3 atom stereocenters. The number of nitrogens with one attached hydrogen (secondary N) is 1. The van der Waals surface area contributed by atoms with Crippen molar-refractivity contribution in [2.24, 2.45) is 11.8 Å². The average molecular weight is 315 g/mol. The lowest BCUT2D eigenvalue weighted by atomic mass is 9.73. The summed E-state index contributed by atoms with van der Waals surface area (Å²) in [6, 6.07) is 9.24. The fourth-order valence-corrected chi connectivity index (χ4v) is 5.02. The van der Waals surface area contributed by atoms with Crippen LogP contribution in [0.4, 0.5) is 5.69 Å². The number of fused-ring (bicyclic) bond motifs is 2. The lowest BCUT2D eigenvalue weighted by Gasteiger charge is -2.51. The summed E-state index contributed by atoms with van der Waals surface area (Å²) in [5.74, 6) is 2.75. The quantitative estimate of drug-likeness (QED) is 0.925. The second kappa shape index (κ2) is 6.70. The predicted molar refractivity (Wildman–Crippen MR) is 94.3 cm³/mol. The van der Waals surface area contributed by atoms with Crippen LogP contribution in [0.25, 0.3) is 0 Å². The molecule has 126 valence electrons. The molecule has 4 rings (SSSR count). The highest BCUT2D eigenvalue weighted by molar-refractivity contribution is 5.58. The van der Waals surface area contributed by atoms with Crippen LogP contribution in [-0.2, 0) is 0 Å². The highest BCUT2D eigenvalue weighted by Gasteiger charge is 2.40. The van der Waals surface area contributed by atoms with Crippen LogP contribution in [-0.4, -0.2) is 57.3 Å². The Morgan fingerprint density at radius 2 is 1.70 bits per heavy atom. The van der Waals surface area contributed by atoms with E-state index in [9.17, 15) is 0 Å². The Bertz CT molecular complexity index is 505. The molecule has 2 heterocycles. The molecule has 1 aliphatic carbocycles. The largest absolute Gasteiger partial charge is 0.495 e. The summed E-state index contributed by atoms with van der Waals surface area (Å²) in [6.07, 6.45) is 4.27. The number of piperidine rings is 1. The van der Waals surface area contributed by atoms with Gasteiger partial charge in [-0.1, -0.05) is 18.6 Å². The number of piperazine rings is 1. The first-order chi connectivity index (χ1) is 11.4. The number of methoxy groups -OCH3 is 1. The Labute approximate surface area is 139 Å². The Balaban J connectivity index is 1.43. The van der Waals surface area contributed by atoms with Crippen LogP contribution in [0.15, 0.2) is 24.3 Å². The van der Waals surface area contributed by atoms with E-state index < -0.39 is 0 Å². The number of nitrogens with zero attached hydrogens (tertiary/aromatic N) is 2. The lowest BCUT2D eigenvalue weighted by molar-refractivity contribution is 0.0282. The molecule has 23 heavy (non-hydrogen) atoms. The van der Waals surface area contributed by atoms with Crippen LogP contribution in [0.3, 0.4) is 0 Å². The van der Waals surface area contributed by atoms with E-state index >= 15 is 0 Å². The molecular formula is C19H29N3O. The van der Waals surface area contributed by atoms with Gasteiger partial charge in [-0.05, 0) is 49.9 Å². The summed E-state index contributed by atoms with van der Waals surface area (Å²) in [4.78, 5) is 5.29. The van der Waals surface area contributed by atoms with Gasteiger partial charge < -0.3 is 15.0 Å². The summed E-state index contributed by atoms with van der Waals surface area (Å²) in [7, 11) is 1.77. The van der Waals surface area contributed by atoms with E-state index in [0.29, 0.717) is 0 Å². The minimum atomic E-state index is 0.824. The van der Waals surface area contributed by atoms with Crippen molar-refractivity contribution in [3.05, 3.63) is 24.3 Å². The van der Waals surface area contributed by atoms with Crippen LogP contribution >= 0.6 is 0 Å². The van der Waals surface area contributed by atoms with Crippen molar-refractivity contribution >= 4 is 5.69 Å². The molecule has 1 aromatic rings. The van der Waals surface area contributed by atoms with E-state index in [4.69, 9.17) is 4.74 Å². The monoisotopic (exact) mass is 315 g/mol. The Morgan fingerprint density at radius 1 is 1.00 bits per heavy atom. The highest BCUT2D eigenvalue weighted by atomic mass is 16.5. The van der Waals surface area contributed by atoms with Gasteiger partial charge in [0.25, 0.3) is 0 Å². The van der Waals surface area contributed by atoms with Gasteiger partial charge >= 0.3 is 0 Å². The van der Waals surface area contributed by atoms with Crippen LogP contribution in [0.1, 0.15) is 19.3 Å². The van der Waals surface area contributed by atoms with E-state index in [1.54, 1.807) is 7.11 Å². The van der Waals surface area contributed by atoms with Crippen molar-refractivity contribution in [3.63, 3.8) is 0 Å². The maximum absolute atomic E-state index is 5.54. The number of rotatable bonds is 3. The van der Waals surface area contributed by atoms with Gasteiger partial charge in [0.1, 0.15) is 5.75 Å². The summed E-state index contributed by atoms with van der Waals surface area (Å²) in [5.41, 5.74) is 1.25. The average Bonchev–Trinajstić information content (AvgIpc) is 2.61. The second-order valence-electron chi connectivity index (χ2n) is 7.29. The third-order valence-corrected chi connectivity index (χ3v) is 6.09. The van der Waals surface area contributed by atoms with Crippen molar-refractivity contribution in [2.45, 2.75) is 25.3 Å². The highest BCUT2D eigenvalue weighted by Crippen LogP contribution is 2.36. The molecule has 1 unspecified atom stereocenters. The van der Waals surface area contributed by atoms with E-state index in [1.807, 2.05) is 0 Å². The molecule has 1 aromatic carbocycles. The smallest absolute Gasteiger partial charge is 0.142 e. The zero-order valence-corrected chi connectivity index (χ0v) is 14.2. The van der Waals surface area contributed by atoms with Crippen LogP contribution in [0.5, 0.6) is 5.75 Å². The SMILES string of the molecule is COc1ccccc1N1CCN(C2[C@@H]3CCC[C@H]2CNC3)CC1. The Hall–Kier alpha value is -1.26. The number of benzene rings is 1. The molecule has 3 fully saturated rings. The fourth-order valence-electron chi connectivity index (χ4n) is 5.02. The lowest BCUT2D eigenvalue weighted by Crippen LogP contribution is -2.61. The molecule has 2 aliphatic heterocycles. The predicted octanol–water partition coefficient (Wildman–Crippen LogP) is 2.21. The third-order valence-electron chi connectivity index (χ3n) is 6.09. The van der Waals surface area contributed by atoms with Crippen molar-refractivity contribution in [3.8, 4) is 5.75 Å². The van der Waals surface area contributed by atoms with Crippen molar-refractivity contribution in [2.75, 3.05) is 51.3 Å². The minimum absolute atomic E-state index is 0.824. The molecular weight excluding hydrogens is 286 g/mol. The zero-order chi connectivity index (χ0) is 15.6. The van der Waals surface area contributed by atoms with Crippen molar-refractivity contribution in [1.29, 1.82) is 0 Å². The van der Waals surface area contributed by atoms with Gasteiger partial charge in [-0.15, -0.1) is 0 Å². The Morgan fingerprint density at radius 3 is 2.39 bits per heavy atom. The number of hydrogen-bond donors (Lipinski definition) is 1. The van der Waals surface area contributed by atoms with Crippen molar-refractivity contribution < 1.29 is 4.74 Å². The van der Waals surface area contributed by atoms with Crippen LogP contribution in [0, 0.1) is 11.8 Å². The van der Waals surface area contributed by atoms with Gasteiger partial charge in [0.15, 0.2) is 0 Å². The van der Waals surface area contributed by atoms with E-state index in [1.165, 1.54) is 51.1 Å². The normalized spacial score (nSPS) is 31.9. The molecule has 4 heteroatoms. The molecule has 0 radical (unpaired) electrons. The Kier molecular flexibility index (Phi) is 4.45. The molecule has 0 aromatic heterocycles. The summed E-state index contributed by atoms with van der Waals surface area (Å²) < 4.78 is 5.54. The first kappa shape index (κ1) is 15.3. The van der Waals surface area contributed by atoms with Gasteiger partial charge in [0.2, 0.25) is 0 Å². The molecule has 2 bridgehead atoms. The van der Waals surface area contributed by atoms with Gasteiger partial charge in [0.05, 0.1) is 12.8 Å². The van der Waals surface area contributed by atoms with E-state index in [-0.39, 0.29) is 0 Å². The molecule has 1 saturated carbocycles. The maximum Gasteiger partial charge on any atom is 0.142 e. The molecule has 1 N–H and O–H groups in total. The summed E-state index contributed by atoms with van der Waals surface area (Å²) >= 11 is 0. The van der Waals surface area contributed by atoms with Crippen molar-refractivity contribution in [1.82, 2.24) is 10.2 Å². The van der Waals surface area contributed by atoms with E-state index in [0.717, 1.165) is 36.7 Å². The summed E-state index contributed by atoms with van der Waals surface area (Å²) in [5, 5.41) is 3.65. The number of hydrogen-bond acceptors (Lipinski definition) is 4. The first-order valence-electron chi connectivity index (χ1n) is 9.19. The standard InChI is InChI=1S/C19H29N3O/c1-23-18-8-3-2-7-17(18)21-9-11-22(12-10-21)19-15-5-4-6-16(19)14-20-13-15/h2-3,7-8,15-16,19-20H,4-6,9-14H2,1H3/t15-,16+,19?. The minimum Gasteiger partial charge on any atom is -0.495 e. The molecule has 0 spiro atoms. The van der Waals surface area contributed by atoms with E-state index in [2.05, 4.69) is 39.4 Å².